The highest BCUT2D eigenvalue weighted by atomic mass is 19.1. The molecule has 134 valence electrons. The second-order valence-electron chi connectivity index (χ2n) is 5.77. The van der Waals surface area contributed by atoms with Crippen molar-refractivity contribution in [3.8, 4) is 0 Å². The first-order chi connectivity index (χ1) is 12.3. The lowest BCUT2D eigenvalue weighted by atomic mass is 10.1. The van der Waals surface area contributed by atoms with E-state index in [1.807, 2.05) is 0 Å². The van der Waals surface area contributed by atoms with Crippen LogP contribution in [0.3, 0.4) is 0 Å². The SMILES string of the molecule is CC(NC(=O)c1cnc2c(c1)c(=O)[nH]c(=O)n2C)c1ccc(F)cc1F. The average Bonchev–Trinajstić information content (AvgIpc) is 2.59. The summed E-state index contributed by atoms with van der Waals surface area (Å²) >= 11 is 0. The van der Waals surface area contributed by atoms with Crippen molar-refractivity contribution in [2.24, 2.45) is 7.05 Å². The molecule has 0 aliphatic carbocycles. The zero-order valence-corrected chi connectivity index (χ0v) is 13.8. The second-order valence-corrected chi connectivity index (χ2v) is 5.77. The highest BCUT2D eigenvalue weighted by Crippen LogP contribution is 2.18. The lowest BCUT2D eigenvalue weighted by Crippen LogP contribution is -2.30. The van der Waals surface area contributed by atoms with Gasteiger partial charge in [-0.2, -0.15) is 0 Å². The van der Waals surface area contributed by atoms with Crippen LogP contribution in [0.5, 0.6) is 0 Å². The minimum absolute atomic E-state index is 0.0658. The van der Waals surface area contributed by atoms with E-state index in [1.165, 1.54) is 25.4 Å². The van der Waals surface area contributed by atoms with Crippen molar-refractivity contribution in [1.29, 1.82) is 0 Å². The first kappa shape index (κ1) is 17.5. The van der Waals surface area contributed by atoms with Crippen molar-refractivity contribution < 1.29 is 13.6 Å². The van der Waals surface area contributed by atoms with Crippen LogP contribution in [0.2, 0.25) is 0 Å². The molecule has 0 aliphatic rings. The number of hydrogen-bond donors (Lipinski definition) is 2. The summed E-state index contributed by atoms with van der Waals surface area (Å²) in [5.74, 6) is -2.09. The highest BCUT2D eigenvalue weighted by molar-refractivity contribution is 5.96. The molecule has 0 aliphatic heterocycles. The molecule has 1 aromatic carbocycles. The van der Waals surface area contributed by atoms with E-state index in [1.54, 1.807) is 6.92 Å². The Morgan fingerprint density at radius 2 is 2.00 bits per heavy atom. The fourth-order valence-corrected chi connectivity index (χ4v) is 2.57. The van der Waals surface area contributed by atoms with Gasteiger partial charge in [0.25, 0.3) is 11.5 Å². The van der Waals surface area contributed by atoms with Gasteiger partial charge in [0.1, 0.15) is 17.3 Å². The number of halogens is 2. The Kier molecular flexibility index (Phi) is 4.37. The standard InChI is InChI=1S/C17H14F2N4O3/c1-8(11-4-3-10(18)6-13(11)19)21-15(24)9-5-12-14(20-7-9)23(2)17(26)22-16(12)25/h3-8H,1-2H3,(H,21,24)(H,22,25,26). The zero-order valence-electron chi connectivity index (χ0n) is 13.8. The molecule has 1 amide bonds. The van der Waals surface area contributed by atoms with Crippen molar-refractivity contribution in [2.75, 3.05) is 0 Å². The highest BCUT2D eigenvalue weighted by Gasteiger charge is 2.17. The summed E-state index contributed by atoms with van der Waals surface area (Å²) in [6.45, 7) is 1.54. The Hall–Kier alpha value is -3.36. The molecule has 0 saturated heterocycles. The molecule has 0 fully saturated rings. The second kappa shape index (κ2) is 6.51. The van der Waals surface area contributed by atoms with Gasteiger partial charge >= 0.3 is 5.69 Å². The number of nitrogens with zero attached hydrogens (tertiary/aromatic N) is 2. The van der Waals surface area contributed by atoms with Crippen molar-refractivity contribution in [2.45, 2.75) is 13.0 Å². The number of rotatable bonds is 3. The molecule has 0 saturated carbocycles. The molecule has 2 aromatic heterocycles. The van der Waals surface area contributed by atoms with Gasteiger partial charge in [-0.1, -0.05) is 6.07 Å². The first-order valence-corrected chi connectivity index (χ1v) is 7.63. The quantitative estimate of drug-likeness (QED) is 0.738. The minimum atomic E-state index is -0.777. The maximum Gasteiger partial charge on any atom is 0.329 e. The molecule has 1 unspecified atom stereocenters. The number of fused-ring (bicyclic) bond motifs is 1. The van der Waals surface area contributed by atoms with Crippen LogP contribution in [0.25, 0.3) is 11.0 Å². The molecule has 3 aromatic rings. The third-order valence-corrected chi connectivity index (χ3v) is 3.99. The molecule has 3 rings (SSSR count). The van der Waals surface area contributed by atoms with Crippen LogP contribution in [0, 0.1) is 11.6 Å². The summed E-state index contributed by atoms with van der Waals surface area (Å²) in [7, 11) is 1.44. The summed E-state index contributed by atoms with van der Waals surface area (Å²) in [4.78, 5) is 42.0. The Morgan fingerprint density at radius 3 is 2.69 bits per heavy atom. The smallest absolute Gasteiger partial charge is 0.329 e. The van der Waals surface area contributed by atoms with Crippen LogP contribution in [0.1, 0.15) is 28.9 Å². The van der Waals surface area contributed by atoms with Crippen molar-refractivity contribution >= 4 is 16.9 Å². The summed E-state index contributed by atoms with van der Waals surface area (Å²) < 4.78 is 28.0. The summed E-state index contributed by atoms with van der Waals surface area (Å²) in [5, 5.41) is 2.63. The summed E-state index contributed by atoms with van der Waals surface area (Å²) in [5.41, 5.74) is -0.965. The van der Waals surface area contributed by atoms with E-state index in [0.717, 1.165) is 16.7 Å². The van der Waals surface area contributed by atoms with Crippen molar-refractivity contribution in [1.82, 2.24) is 19.9 Å². The Labute approximate surface area is 145 Å². The number of hydrogen-bond acceptors (Lipinski definition) is 4. The van der Waals surface area contributed by atoms with Crippen LogP contribution < -0.4 is 16.6 Å². The molecule has 1 atom stereocenters. The Balaban J connectivity index is 1.93. The van der Waals surface area contributed by atoms with E-state index in [2.05, 4.69) is 15.3 Å². The van der Waals surface area contributed by atoms with Crippen LogP contribution in [-0.4, -0.2) is 20.4 Å². The van der Waals surface area contributed by atoms with Crippen molar-refractivity contribution in [3.63, 3.8) is 0 Å². The number of nitrogens with one attached hydrogen (secondary N) is 2. The van der Waals surface area contributed by atoms with Gasteiger partial charge in [-0.25, -0.2) is 18.6 Å². The fourth-order valence-electron chi connectivity index (χ4n) is 2.57. The number of amides is 1. The third kappa shape index (κ3) is 3.10. The van der Waals surface area contributed by atoms with Gasteiger partial charge in [0.15, 0.2) is 0 Å². The number of aromatic amines is 1. The maximum absolute atomic E-state index is 13.8. The van der Waals surface area contributed by atoms with Crippen LogP contribution in [0.15, 0.2) is 40.1 Å². The average molecular weight is 360 g/mol. The van der Waals surface area contributed by atoms with E-state index in [4.69, 9.17) is 0 Å². The molecule has 2 N–H and O–H groups in total. The zero-order chi connectivity index (χ0) is 19.0. The van der Waals surface area contributed by atoms with Gasteiger partial charge in [-0.15, -0.1) is 0 Å². The number of carbonyl (C=O) groups excluding carboxylic acids is 1. The third-order valence-electron chi connectivity index (χ3n) is 3.99. The monoisotopic (exact) mass is 360 g/mol. The topological polar surface area (TPSA) is 96.8 Å². The molecular weight excluding hydrogens is 346 g/mol. The Bertz CT molecular complexity index is 1140. The number of aromatic nitrogens is 3. The molecular formula is C17H14F2N4O3. The lowest BCUT2D eigenvalue weighted by Gasteiger charge is -2.15. The molecule has 9 heteroatoms. The van der Waals surface area contributed by atoms with Gasteiger partial charge < -0.3 is 5.32 Å². The predicted molar refractivity (Wildman–Crippen MR) is 89.8 cm³/mol. The largest absolute Gasteiger partial charge is 0.345 e. The first-order valence-electron chi connectivity index (χ1n) is 7.63. The van der Waals surface area contributed by atoms with E-state index in [-0.39, 0.29) is 22.2 Å². The van der Waals surface area contributed by atoms with E-state index in [0.29, 0.717) is 0 Å². The normalized spacial score (nSPS) is 12.2. The van der Waals surface area contributed by atoms with Crippen LogP contribution in [-0.2, 0) is 7.05 Å². The van der Waals surface area contributed by atoms with Crippen LogP contribution >= 0.6 is 0 Å². The van der Waals surface area contributed by atoms with E-state index >= 15 is 0 Å². The molecule has 0 bridgehead atoms. The number of carbonyl (C=O) groups is 1. The van der Waals surface area contributed by atoms with Gasteiger partial charge in [0.05, 0.1) is 17.0 Å². The van der Waals surface area contributed by atoms with Crippen LogP contribution in [0.4, 0.5) is 8.78 Å². The minimum Gasteiger partial charge on any atom is -0.345 e. The lowest BCUT2D eigenvalue weighted by molar-refractivity contribution is 0.0939. The molecule has 0 spiro atoms. The number of benzene rings is 1. The number of pyridine rings is 1. The van der Waals surface area contributed by atoms with Crippen molar-refractivity contribution in [3.05, 3.63) is 74.1 Å². The van der Waals surface area contributed by atoms with E-state index in [9.17, 15) is 23.2 Å². The van der Waals surface area contributed by atoms with Gasteiger partial charge in [-0.05, 0) is 19.1 Å². The van der Waals surface area contributed by atoms with Gasteiger partial charge in [0, 0.05) is 24.9 Å². The number of H-pyrrole nitrogens is 1. The maximum atomic E-state index is 13.8. The summed E-state index contributed by atoms with van der Waals surface area (Å²) in [6, 6.07) is 3.63. The molecule has 7 nitrogen and oxygen atoms in total. The fraction of sp³-hybridized carbons (Fsp3) is 0.176. The number of aryl methyl sites for hydroxylation is 1. The van der Waals surface area contributed by atoms with Gasteiger partial charge in [0.2, 0.25) is 0 Å². The Morgan fingerprint density at radius 1 is 1.27 bits per heavy atom. The van der Waals surface area contributed by atoms with E-state index < -0.39 is 34.8 Å². The molecule has 2 heterocycles. The predicted octanol–water partition coefficient (Wildman–Crippen LogP) is 1.39. The summed E-state index contributed by atoms with van der Waals surface area (Å²) in [6.07, 6.45) is 1.21. The molecule has 26 heavy (non-hydrogen) atoms. The van der Waals surface area contributed by atoms with Gasteiger partial charge in [-0.3, -0.25) is 19.1 Å². The molecule has 0 radical (unpaired) electrons.